The molecule has 7 nitrogen and oxygen atoms in total. The molecule has 1 aliphatic rings. The first-order valence-electron chi connectivity index (χ1n) is 6.81. The van der Waals surface area contributed by atoms with E-state index in [-0.39, 0.29) is 6.42 Å². The van der Waals surface area contributed by atoms with Crippen LogP contribution in [-0.2, 0) is 22.1 Å². The Morgan fingerprint density at radius 1 is 1.38 bits per heavy atom. The van der Waals surface area contributed by atoms with E-state index >= 15 is 0 Å². The van der Waals surface area contributed by atoms with Gasteiger partial charge < -0.3 is 4.74 Å². The summed E-state index contributed by atoms with van der Waals surface area (Å²) in [5, 5.41) is 7.09. The lowest BCUT2D eigenvalue weighted by Gasteiger charge is -2.32. The number of alkyl halides is 3. The van der Waals surface area contributed by atoms with Crippen LogP contribution in [0.3, 0.4) is 0 Å². The van der Waals surface area contributed by atoms with Gasteiger partial charge in [0.05, 0.1) is 5.56 Å². The third kappa shape index (κ3) is 2.82. The van der Waals surface area contributed by atoms with E-state index in [0.717, 1.165) is 0 Å². The standard InChI is InChI=1S/C14H11F3N4O3/c1-13(6-7-4-2-3-5-8(7)9(22)24-13)11(23)19-12-18-10(20-21-12)14(15,16)17/h2-5H,6H2,1H3,(H2,18,19,20,21,23)/t13-/m0/s1. The maximum atomic E-state index is 12.5. The second-order valence-electron chi connectivity index (χ2n) is 5.41. The average Bonchev–Trinajstić information content (AvgIpc) is 2.96. The number of carbonyl (C=O) groups excluding carboxylic acids is 2. The molecule has 0 fully saturated rings. The van der Waals surface area contributed by atoms with Gasteiger partial charge in [-0.2, -0.15) is 18.2 Å². The number of anilines is 1. The first-order valence-corrected chi connectivity index (χ1v) is 6.81. The Kier molecular flexibility index (Phi) is 3.54. The van der Waals surface area contributed by atoms with Gasteiger partial charge >= 0.3 is 12.1 Å². The van der Waals surface area contributed by atoms with E-state index in [2.05, 4.69) is 15.4 Å². The van der Waals surface area contributed by atoms with Crippen molar-refractivity contribution in [2.75, 3.05) is 5.32 Å². The summed E-state index contributed by atoms with van der Waals surface area (Å²) in [6, 6.07) is 6.62. The van der Waals surface area contributed by atoms with Gasteiger partial charge in [-0.25, -0.2) is 4.79 Å². The van der Waals surface area contributed by atoms with Gasteiger partial charge in [0.1, 0.15) is 0 Å². The predicted molar refractivity (Wildman–Crippen MR) is 74.0 cm³/mol. The maximum absolute atomic E-state index is 12.5. The molecule has 0 saturated carbocycles. The molecule has 3 rings (SSSR count). The second kappa shape index (κ2) is 5.32. The molecule has 1 aromatic heterocycles. The van der Waals surface area contributed by atoms with Crippen LogP contribution < -0.4 is 5.32 Å². The zero-order valence-corrected chi connectivity index (χ0v) is 12.3. The topological polar surface area (TPSA) is 97.0 Å². The van der Waals surface area contributed by atoms with Gasteiger partial charge in [0.2, 0.25) is 11.8 Å². The molecule has 1 amide bonds. The van der Waals surface area contributed by atoms with E-state index in [1.807, 2.05) is 0 Å². The first kappa shape index (κ1) is 16.0. The van der Waals surface area contributed by atoms with Crippen molar-refractivity contribution < 1.29 is 27.5 Å². The summed E-state index contributed by atoms with van der Waals surface area (Å²) in [5.74, 6) is -3.39. The molecule has 0 saturated heterocycles. The number of benzene rings is 1. The highest BCUT2D eigenvalue weighted by Gasteiger charge is 2.43. The largest absolute Gasteiger partial charge is 0.451 e. The number of hydrogen-bond donors (Lipinski definition) is 2. The zero-order valence-electron chi connectivity index (χ0n) is 12.3. The molecular formula is C14H11F3N4O3. The summed E-state index contributed by atoms with van der Waals surface area (Å²) in [5.41, 5.74) is -0.623. The van der Waals surface area contributed by atoms with E-state index < -0.39 is 35.4 Å². The minimum Gasteiger partial charge on any atom is -0.445 e. The van der Waals surface area contributed by atoms with Gasteiger partial charge in [-0.15, -0.1) is 5.10 Å². The number of fused-ring (bicyclic) bond motifs is 1. The van der Waals surface area contributed by atoms with Crippen molar-refractivity contribution >= 4 is 17.8 Å². The van der Waals surface area contributed by atoms with Crippen LogP contribution in [0.2, 0.25) is 0 Å². The van der Waals surface area contributed by atoms with E-state index in [1.165, 1.54) is 6.92 Å². The number of nitrogens with zero attached hydrogens (tertiary/aromatic N) is 2. The Morgan fingerprint density at radius 3 is 2.75 bits per heavy atom. The predicted octanol–water partition coefficient (Wildman–Crippen LogP) is 1.93. The minimum absolute atomic E-state index is 0.0807. The monoisotopic (exact) mass is 340 g/mol. The minimum atomic E-state index is -4.71. The number of rotatable bonds is 2. The van der Waals surface area contributed by atoms with Crippen molar-refractivity contribution in [1.29, 1.82) is 0 Å². The van der Waals surface area contributed by atoms with Crippen LogP contribution in [0, 0.1) is 0 Å². The third-order valence-electron chi connectivity index (χ3n) is 3.54. The molecule has 24 heavy (non-hydrogen) atoms. The number of hydrogen-bond acceptors (Lipinski definition) is 5. The van der Waals surface area contributed by atoms with Gasteiger partial charge in [-0.3, -0.25) is 15.2 Å². The lowest BCUT2D eigenvalue weighted by molar-refractivity contribution is -0.144. The van der Waals surface area contributed by atoms with Crippen LogP contribution in [-0.4, -0.2) is 32.7 Å². The fourth-order valence-electron chi connectivity index (χ4n) is 2.34. The molecule has 0 spiro atoms. The summed E-state index contributed by atoms with van der Waals surface area (Å²) < 4.78 is 42.6. The van der Waals surface area contributed by atoms with Gasteiger partial charge in [0.25, 0.3) is 5.91 Å². The highest BCUT2D eigenvalue weighted by molar-refractivity contribution is 6.01. The summed E-state index contributed by atoms with van der Waals surface area (Å²) in [6.45, 7) is 1.37. The average molecular weight is 340 g/mol. The SMILES string of the molecule is C[C@@]1(C(=O)Nc2n[nH]c(C(F)(F)F)n2)Cc2ccccc2C(=O)O1. The van der Waals surface area contributed by atoms with Gasteiger partial charge in [-0.1, -0.05) is 18.2 Å². The number of nitrogens with one attached hydrogen (secondary N) is 2. The molecule has 2 aromatic rings. The molecule has 0 bridgehead atoms. The smallest absolute Gasteiger partial charge is 0.445 e. The quantitative estimate of drug-likeness (QED) is 0.814. The fraction of sp³-hybridized carbons (Fsp3) is 0.286. The number of esters is 1. The first-order chi connectivity index (χ1) is 11.2. The Balaban J connectivity index is 1.80. The summed E-state index contributed by atoms with van der Waals surface area (Å²) in [6.07, 6.45) is -4.63. The normalized spacial score (nSPS) is 20.2. The highest BCUT2D eigenvalue weighted by Crippen LogP contribution is 2.30. The lowest BCUT2D eigenvalue weighted by atomic mass is 9.89. The second-order valence-corrected chi connectivity index (χ2v) is 5.41. The molecule has 2 heterocycles. The number of ether oxygens (including phenoxy) is 1. The van der Waals surface area contributed by atoms with E-state index in [1.54, 1.807) is 29.4 Å². The number of H-pyrrole nitrogens is 1. The number of carbonyl (C=O) groups is 2. The van der Waals surface area contributed by atoms with Gasteiger partial charge in [-0.05, 0) is 18.6 Å². The van der Waals surface area contributed by atoms with Crippen LogP contribution in [0.25, 0.3) is 0 Å². The number of cyclic esters (lactones) is 1. The molecule has 0 radical (unpaired) electrons. The molecule has 126 valence electrons. The molecule has 2 N–H and O–H groups in total. The summed E-state index contributed by atoms with van der Waals surface area (Å²) >= 11 is 0. The Labute approximate surface area is 133 Å². The van der Waals surface area contributed by atoms with E-state index in [4.69, 9.17) is 4.74 Å². The summed E-state index contributed by atoms with van der Waals surface area (Å²) in [4.78, 5) is 27.5. The van der Waals surface area contributed by atoms with E-state index in [9.17, 15) is 22.8 Å². The number of aromatic amines is 1. The Hall–Kier alpha value is -2.91. The highest BCUT2D eigenvalue weighted by atomic mass is 19.4. The molecule has 0 unspecified atom stereocenters. The fourth-order valence-corrected chi connectivity index (χ4v) is 2.34. The Morgan fingerprint density at radius 2 is 2.08 bits per heavy atom. The van der Waals surface area contributed by atoms with Crippen molar-refractivity contribution in [2.24, 2.45) is 0 Å². The van der Waals surface area contributed by atoms with Crippen molar-refractivity contribution in [3.8, 4) is 0 Å². The molecule has 1 aliphatic heterocycles. The van der Waals surface area contributed by atoms with Crippen molar-refractivity contribution in [3.63, 3.8) is 0 Å². The van der Waals surface area contributed by atoms with Crippen molar-refractivity contribution in [2.45, 2.75) is 25.1 Å². The number of aromatic nitrogens is 3. The molecule has 1 aromatic carbocycles. The molecule has 0 aliphatic carbocycles. The maximum Gasteiger partial charge on any atom is 0.451 e. The van der Waals surface area contributed by atoms with E-state index in [0.29, 0.717) is 11.1 Å². The van der Waals surface area contributed by atoms with Crippen LogP contribution in [0.4, 0.5) is 19.1 Å². The number of halogens is 3. The van der Waals surface area contributed by atoms with Crippen LogP contribution in [0.15, 0.2) is 24.3 Å². The van der Waals surface area contributed by atoms with Crippen molar-refractivity contribution in [1.82, 2.24) is 15.2 Å². The molecular weight excluding hydrogens is 329 g/mol. The van der Waals surface area contributed by atoms with Crippen LogP contribution in [0.5, 0.6) is 0 Å². The van der Waals surface area contributed by atoms with Gasteiger partial charge in [0, 0.05) is 6.42 Å². The van der Waals surface area contributed by atoms with Crippen molar-refractivity contribution in [3.05, 3.63) is 41.2 Å². The number of amides is 1. The molecule has 1 atom stereocenters. The van der Waals surface area contributed by atoms with Crippen LogP contribution >= 0.6 is 0 Å². The molecule has 10 heteroatoms. The zero-order chi connectivity index (χ0) is 17.5. The van der Waals surface area contributed by atoms with Gasteiger partial charge in [0.15, 0.2) is 5.60 Å². The third-order valence-corrected chi connectivity index (χ3v) is 3.54. The lowest BCUT2D eigenvalue weighted by Crippen LogP contribution is -2.49. The Bertz CT molecular complexity index is 818. The van der Waals surface area contributed by atoms with Crippen LogP contribution in [0.1, 0.15) is 28.7 Å². The summed E-state index contributed by atoms with van der Waals surface area (Å²) in [7, 11) is 0.